The van der Waals surface area contributed by atoms with E-state index in [-0.39, 0.29) is 42.3 Å². The maximum atomic E-state index is 13.5. The minimum atomic E-state index is -0.915. The zero-order valence-electron chi connectivity index (χ0n) is 15.7. The predicted octanol–water partition coefficient (Wildman–Crippen LogP) is 1.99. The summed E-state index contributed by atoms with van der Waals surface area (Å²) in [6, 6.07) is 2.84. The first-order valence-electron chi connectivity index (χ1n) is 9.75. The average molecular weight is 393 g/mol. The number of carbonyl (C=O) groups is 3. The number of amides is 3. The molecule has 1 saturated heterocycles. The zero-order chi connectivity index (χ0) is 20.1. The molecular formula is C20H25F2N3O3. The molecule has 1 aliphatic carbocycles. The Kier molecular flexibility index (Phi) is 6.59. The summed E-state index contributed by atoms with van der Waals surface area (Å²) >= 11 is 0. The smallest absolute Gasteiger partial charge is 0.254 e. The highest BCUT2D eigenvalue weighted by Gasteiger charge is 2.35. The van der Waals surface area contributed by atoms with Crippen LogP contribution in [0.3, 0.4) is 0 Å². The van der Waals surface area contributed by atoms with Gasteiger partial charge in [-0.2, -0.15) is 0 Å². The molecule has 3 amide bonds. The summed E-state index contributed by atoms with van der Waals surface area (Å²) in [7, 11) is 0. The number of rotatable bonds is 7. The van der Waals surface area contributed by atoms with Gasteiger partial charge in [0.1, 0.15) is 11.6 Å². The fourth-order valence-electron chi connectivity index (χ4n) is 3.35. The van der Waals surface area contributed by atoms with Gasteiger partial charge in [-0.1, -0.05) is 0 Å². The Bertz CT molecular complexity index is 744. The molecule has 3 rings (SSSR count). The van der Waals surface area contributed by atoms with Crippen molar-refractivity contribution in [2.24, 2.45) is 5.92 Å². The van der Waals surface area contributed by atoms with Gasteiger partial charge < -0.3 is 15.5 Å². The van der Waals surface area contributed by atoms with E-state index in [9.17, 15) is 23.2 Å². The Morgan fingerprint density at radius 3 is 2.43 bits per heavy atom. The van der Waals surface area contributed by atoms with Crippen LogP contribution in [-0.4, -0.2) is 48.3 Å². The quantitative estimate of drug-likeness (QED) is 0.696. The van der Waals surface area contributed by atoms with Crippen LogP contribution in [0.1, 0.15) is 48.9 Å². The third-order valence-corrected chi connectivity index (χ3v) is 5.14. The van der Waals surface area contributed by atoms with Crippen molar-refractivity contribution < 1.29 is 23.2 Å². The standard InChI is InChI=1S/C20H25F2N3O3/c21-14-5-6-16(17(22)12-14)19(27)23-9-1-2-18(26)24-15-7-10-25(11-8-15)20(28)13-3-4-13/h5-6,12-13,15H,1-4,7-11H2,(H,23,27)(H,24,26). The molecule has 1 heterocycles. The molecule has 2 aliphatic rings. The monoisotopic (exact) mass is 393 g/mol. The van der Waals surface area contributed by atoms with Crippen molar-refractivity contribution in [2.45, 2.75) is 44.6 Å². The number of hydrogen-bond acceptors (Lipinski definition) is 3. The van der Waals surface area contributed by atoms with Crippen LogP contribution in [0.25, 0.3) is 0 Å². The average Bonchev–Trinajstić information content (AvgIpc) is 3.50. The van der Waals surface area contributed by atoms with Gasteiger partial charge >= 0.3 is 0 Å². The van der Waals surface area contributed by atoms with Gasteiger partial charge in [-0.15, -0.1) is 0 Å². The molecule has 0 bridgehead atoms. The number of hydrogen-bond donors (Lipinski definition) is 2. The molecule has 2 N–H and O–H groups in total. The second-order valence-electron chi connectivity index (χ2n) is 7.42. The lowest BCUT2D eigenvalue weighted by Crippen LogP contribution is -2.47. The third kappa shape index (κ3) is 5.50. The summed E-state index contributed by atoms with van der Waals surface area (Å²) in [5.41, 5.74) is -0.224. The molecule has 0 aromatic heterocycles. The SMILES string of the molecule is O=C(CCCNC(=O)c1ccc(F)cc1F)NC1CCN(C(=O)C2CC2)CC1. The number of carbonyl (C=O) groups excluding carboxylic acids is 3. The van der Waals surface area contributed by atoms with Crippen molar-refractivity contribution in [1.82, 2.24) is 15.5 Å². The van der Waals surface area contributed by atoms with E-state index in [0.717, 1.165) is 37.8 Å². The lowest BCUT2D eigenvalue weighted by atomic mass is 10.0. The van der Waals surface area contributed by atoms with E-state index in [1.54, 1.807) is 0 Å². The highest BCUT2D eigenvalue weighted by atomic mass is 19.1. The molecule has 28 heavy (non-hydrogen) atoms. The summed E-state index contributed by atoms with van der Waals surface area (Å²) in [5, 5.41) is 5.49. The van der Waals surface area contributed by atoms with Crippen molar-refractivity contribution >= 4 is 17.7 Å². The maximum Gasteiger partial charge on any atom is 0.254 e. The third-order valence-electron chi connectivity index (χ3n) is 5.14. The zero-order valence-corrected chi connectivity index (χ0v) is 15.7. The molecule has 0 atom stereocenters. The second-order valence-corrected chi connectivity index (χ2v) is 7.42. The van der Waals surface area contributed by atoms with Crippen LogP contribution in [0.4, 0.5) is 8.78 Å². The van der Waals surface area contributed by atoms with Crippen molar-refractivity contribution in [1.29, 1.82) is 0 Å². The Morgan fingerprint density at radius 1 is 1.07 bits per heavy atom. The van der Waals surface area contributed by atoms with Crippen molar-refractivity contribution in [3.05, 3.63) is 35.4 Å². The summed E-state index contributed by atoms with van der Waals surface area (Å²) < 4.78 is 26.4. The van der Waals surface area contributed by atoms with E-state index < -0.39 is 17.5 Å². The van der Waals surface area contributed by atoms with E-state index >= 15 is 0 Å². The lowest BCUT2D eigenvalue weighted by molar-refractivity contribution is -0.133. The van der Waals surface area contributed by atoms with Gasteiger partial charge in [0.15, 0.2) is 0 Å². The molecule has 0 unspecified atom stereocenters. The lowest BCUT2D eigenvalue weighted by Gasteiger charge is -2.32. The van der Waals surface area contributed by atoms with Gasteiger partial charge in [0, 0.05) is 44.1 Å². The maximum absolute atomic E-state index is 13.5. The summed E-state index contributed by atoms with van der Waals surface area (Å²) in [4.78, 5) is 37.8. The second kappa shape index (κ2) is 9.12. The van der Waals surface area contributed by atoms with Crippen LogP contribution in [0.15, 0.2) is 18.2 Å². The Hall–Kier alpha value is -2.51. The Balaban J connectivity index is 1.30. The normalized spacial score (nSPS) is 17.3. The van der Waals surface area contributed by atoms with Crippen molar-refractivity contribution in [3.63, 3.8) is 0 Å². The predicted molar refractivity (Wildman–Crippen MR) is 98.4 cm³/mol. The van der Waals surface area contributed by atoms with Crippen LogP contribution in [-0.2, 0) is 9.59 Å². The van der Waals surface area contributed by atoms with Gasteiger partial charge in [0.05, 0.1) is 5.56 Å². The molecule has 0 radical (unpaired) electrons. The van der Waals surface area contributed by atoms with E-state index in [1.807, 2.05) is 4.90 Å². The topological polar surface area (TPSA) is 78.5 Å². The Morgan fingerprint density at radius 2 is 1.79 bits per heavy atom. The van der Waals surface area contributed by atoms with Crippen molar-refractivity contribution in [3.8, 4) is 0 Å². The van der Waals surface area contributed by atoms with Crippen molar-refractivity contribution in [2.75, 3.05) is 19.6 Å². The molecular weight excluding hydrogens is 368 g/mol. The number of nitrogens with zero attached hydrogens (tertiary/aromatic N) is 1. The van der Waals surface area contributed by atoms with E-state index in [0.29, 0.717) is 25.6 Å². The minimum absolute atomic E-state index is 0.0682. The number of likely N-dealkylation sites (tertiary alicyclic amines) is 1. The van der Waals surface area contributed by atoms with Crippen LogP contribution >= 0.6 is 0 Å². The Labute approximate surface area is 162 Å². The number of piperidine rings is 1. The van der Waals surface area contributed by atoms with Gasteiger partial charge in [-0.05, 0) is 44.2 Å². The summed E-state index contributed by atoms with van der Waals surface area (Å²) in [5.74, 6) is -1.92. The van der Waals surface area contributed by atoms with Gasteiger partial charge in [0.2, 0.25) is 11.8 Å². The van der Waals surface area contributed by atoms with Gasteiger partial charge in [0.25, 0.3) is 5.91 Å². The highest BCUT2D eigenvalue weighted by molar-refractivity contribution is 5.94. The van der Waals surface area contributed by atoms with Gasteiger partial charge in [-0.3, -0.25) is 14.4 Å². The van der Waals surface area contributed by atoms with Gasteiger partial charge in [-0.25, -0.2) is 8.78 Å². The fraction of sp³-hybridized carbons (Fsp3) is 0.550. The first-order chi connectivity index (χ1) is 13.4. The first kappa shape index (κ1) is 20.2. The summed E-state index contributed by atoms with van der Waals surface area (Å²) in [6.07, 6.45) is 4.17. The molecule has 0 spiro atoms. The first-order valence-corrected chi connectivity index (χ1v) is 9.75. The fourth-order valence-corrected chi connectivity index (χ4v) is 3.35. The summed E-state index contributed by atoms with van der Waals surface area (Å²) in [6.45, 7) is 1.58. The highest BCUT2D eigenvalue weighted by Crippen LogP contribution is 2.31. The van der Waals surface area contributed by atoms with Crippen LogP contribution in [0, 0.1) is 17.6 Å². The van der Waals surface area contributed by atoms with E-state index in [1.165, 1.54) is 0 Å². The largest absolute Gasteiger partial charge is 0.353 e. The molecule has 152 valence electrons. The molecule has 1 aromatic rings. The molecule has 1 aromatic carbocycles. The molecule has 1 aliphatic heterocycles. The minimum Gasteiger partial charge on any atom is -0.353 e. The molecule has 2 fully saturated rings. The van der Waals surface area contributed by atoms with Crippen LogP contribution in [0.5, 0.6) is 0 Å². The molecule has 1 saturated carbocycles. The van der Waals surface area contributed by atoms with Crippen LogP contribution in [0.2, 0.25) is 0 Å². The number of benzene rings is 1. The molecule has 8 heteroatoms. The molecule has 6 nitrogen and oxygen atoms in total. The van der Waals surface area contributed by atoms with E-state index in [2.05, 4.69) is 10.6 Å². The number of halogens is 2. The van der Waals surface area contributed by atoms with Crippen LogP contribution < -0.4 is 10.6 Å². The number of nitrogens with one attached hydrogen (secondary N) is 2. The van der Waals surface area contributed by atoms with E-state index in [4.69, 9.17) is 0 Å².